The number of hydrogen-bond donors (Lipinski definition) is 1. The van der Waals surface area contributed by atoms with Crippen molar-refractivity contribution >= 4 is 0 Å². The van der Waals surface area contributed by atoms with Crippen LogP contribution in [0.3, 0.4) is 0 Å². The van der Waals surface area contributed by atoms with E-state index in [1.165, 1.54) is 5.56 Å². The van der Waals surface area contributed by atoms with Crippen LogP contribution in [-0.2, 0) is 4.74 Å². The number of benzene rings is 1. The Kier molecular flexibility index (Phi) is 2.03. The number of aliphatic hydroxyl groups is 1. The van der Waals surface area contributed by atoms with Crippen LogP contribution in [0.1, 0.15) is 37.0 Å². The summed E-state index contributed by atoms with van der Waals surface area (Å²) in [5, 5.41) is 9.67. The van der Waals surface area contributed by atoms with Crippen LogP contribution < -0.4 is 4.74 Å². The molecule has 2 heterocycles. The maximum atomic E-state index is 9.67. The van der Waals surface area contributed by atoms with Crippen LogP contribution >= 0.6 is 0 Å². The van der Waals surface area contributed by atoms with Gasteiger partial charge >= 0.3 is 0 Å². The molecule has 0 aromatic heterocycles. The van der Waals surface area contributed by atoms with E-state index in [1.807, 2.05) is 26.0 Å². The van der Waals surface area contributed by atoms with Crippen molar-refractivity contribution in [2.45, 2.75) is 44.7 Å². The first-order valence-corrected chi connectivity index (χ1v) is 5.69. The molecule has 2 bridgehead atoms. The largest absolute Gasteiger partial charge is 0.487 e. The van der Waals surface area contributed by atoms with Crippen molar-refractivity contribution in [3.8, 4) is 5.75 Å². The van der Waals surface area contributed by atoms with Gasteiger partial charge in [0, 0.05) is 18.4 Å². The summed E-state index contributed by atoms with van der Waals surface area (Å²) >= 11 is 0. The number of fused-ring (bicyclic) bond motifs is 4. The number of aryl methyl sites for hydroxylation is 1. The molecule has 0 amide bonds. The van der Waals surface area contributed by atoms with Gasteiger partial charge in [0.2, 0.25) is 0 Å². The van der Waals surface area contributed by atoms with E-state index in [1.54, 1.807) is 0 Å². The monoisotopic (exact) mass is 220 g/mol. The van der Waals surface area contributed by atoms with E-state index in [4.69, 9.17) is 9.47 Å². The van der Waals surface area contributed by atoms with Crippen LogP contribution in [0.4, 0.5) is 0 Å². The van der Waals surface area contributed by atoms with Crippen LogP contribution in [-0.4, -0.2) is 17.0 Å². The lowest BCUT2D eigenvalue weighted by Gasteiger charge is -2.45. The first-order chi connectivity index (χ1) is 7.56. The van der Waals surface area contributed by atoms with E-state index in [9.17, 15) is 5.11 Å². The second-order valence-corrected chi connectivity index (χ2v) is 5.08. The first kappa shape index (κ1) is 10.1. The van der Waals surface area contributed by atoms with E-state index in [-0.39, 0.29) is 11.7 Å². The minimum absolute atomic E-state index is 0.0302. The summed E-state index contributed by atoms with van der Waals surface area (Å²) in [6.45, 7) is 4.09. The number of hydrogen-bond acceptors (Lipinski definition) is 3. The lowest BCUT2D eigenvalue weighted by Crippen LogP contribution is -2.47. The third-order valence-electron chi connectivity index (χ3n) is 3.41. The lowest BCUT2D eigenvalue weighted by atomic mass is 9.85. The minimum atomic E-state index is -0.711. The molecular formula is C13H16O3. The molecule has 1 aromatic carbocycles. The van der Waals surface area contributed by atoms with Gasteiger partial charge in [-0.25, -0.2) is 0 Å². The SMILES string of the molecule is Cc1ccc2c(c1)C1CC(C)(CC(O)O1)O2. The number of ether oxygens (including phenoxy) is 2. The highest BCUT2D eigenvalue weighted by Gasteiger charge is 2.44. The Labute approximate surface area is 95.0 Å². The third-order valence-corrected chi connectivity index (χ3v) is 3.41. The van der Waals surface area contributed by atoms with Gasteiger partial charge in [-0.2, -0.15) is 0 Å². The second-order valence-electron chi connectivity index (χ2n) is 5.08. The summed E-state index contributed by atoms with van der Waals surface area (Å²) < 4.78 is 11.6. The molecule has 0 spiro atoms. The summed E-state index contributed by atoms with van der Waals surface area (Å²) in [7, 11) is 0. The maximum Gasteiger partial charge on any atom is 0.159 e. The third kappa shape index (κ3) is 1.51. The zero-order valence-electron chi connectivity index (χ0n) is 9.56. The molecule has 3 unspecified atom stereocenters. The van der Waals surface area contributed by atoms with E-state index in [0.717, 1.165) is 17.7 Å². The van der Waals surface area contributed by atoms with Gasteiger partial charge in [0.05, 0.1) is 6.10 Å². The quantitative estimate of drug-likeness (QED) is 0.729. The Bertz CT molecular complexity index is 429. The molecule has 3 heteroatoms. The molecule has 1 fully saturated rings. The molecule has 16 heavy (non-hydrogen) atoms. The topological polar surface area (TPSA) is 38.7 Å². The van der Waals surface area contributed by atoms with Crippen LogP contribution in [0.25, 0.3) is 0 Å². The van der Waals surface area contributed by atoms with Crippen LogP contribution in [0.15, 0.2) is 18.2 Å². The highest BCUT2D eigenvalue weighted by molar-refractivity contribution is 5.41. The molecule has 3 atom stereocenters. The normalized spacial score (nSPS) is 36.4. The fourth-order valence-corrected chi connectivity index (χ4v) is 2.68. The van der Waals surface area contributed by atoms with Gasteiger partial charge in [0.1, 0.15) is 11.4 Å². The van der Waals surface area contributed by atoms with Crippen LogP contribution in [0.5, 0.6) is 5.75 Å². The van der Waals surface area contributed by atoms with E-state index in [2.05, 4.69) is 6.07 Å². The standard InChI is InChI=1S/C13H16O3/c1-8-3-4-10-9(5-8)11-6-13(2,16-10)7-12(14)15-11/h3-5,11-12,14H,6-7H2,1-2H3. The van der Waals surface area contributed by atoms with Gasteiger partial charge in [-0.15, -0.1) is 0 Å². The summed E-state index contributed by atoms with van der Waals surface area (Å²) in [6, 6.07) is 6.12. The summed E-state index contributed by atoms with van der Waals surface area (Å²) in [6.07, 6.45) is 0.618. The van der Waals surface area contributed by atoms with Gasteiger partial charge in [0.25, 0.3) is 0 Å². The first-order valence-electron chi connectivity index (χ1n) is 5.69. The smallest absolute Gasteiger partial charge is 0.159 e. The van der Waals surface area contributed by atoms with E-state index >= 15 is 0 Å². The Morgan fingerprint density at radius 1 is 1.38 bits per heavy atom. The fourth-order valence-electron chi connectivity index (χ4n) is 2.68. The van der Waals surface area contributed by atoms with Crippen molar-refractivity contribution < 1.29 is 14.6 Å². The maximum absolute atomic E-state index is 9.67. The Hall–Kier alpha value is -1.06. The van der Waals surface area contributed by atoms with Crippen molar-refractivity contribution in [1.82, 2.24) is 0 Å². The molecule has 3 rings (SSSR count). The molecule has 3 nitrogen and oxygen atoms in total. The highest BCUT2D eigenvalue weighted by Crippen LogP contribution is 2.47. The predicted molar refractivity (Wildman–Crippen MR) is 59.3 cm³/mol. The van der Waals surface area contributed by atoms with Crippen molar-refractivity contribution in [3.63, 3.8) is 0 Å². The van der Waals surface area contributed by atoms with Crippen molar-refractivity contribution in [1.29, 1.82) is 0 Å². The zero-order chi connectivity index (χ0) is 11.3. The zero-order valence-corrected chi connectivity index (χ0v) is 9.56. The van der Waals surface area contributed by atoms with Crippen molar-refractivity contribution in [3.05, 3.63) is 29.3 Å². The predicted octanol–water partition coefficient (Wildman–Crippen LogP) is 2.32. The summed E-state index contributed by atoms with van der Waals surface area (Å²) in [5.41, 5.74) is 1.97. The van der Waals surface area contributed by atoms with Gasteiger partial charge in [0.15, 0.2) is 6.29 Å². The number of aliphatic hydroxyl groups excluding tert-OH is 1. The average molecular weight is 220 g/mol. The van der Waals surface area contributed by atoms with Crippen LogP contribution in [0.2, 0.25) is 0 Å². The average Bonchev–Trinajstić information content (AvgIpc) is 2.17. The molecule has 1 N–H and O–H groups in total. The highest BCUT2D eigenvalue weighted by atomic mass is 16.6. The molecule has 1 saturated heterocycles. The van der Waals surface area contributed by atoms with E-state index < -0.39 is 6.29 Å². The molecule has 0 saturated carbocycles. The minimum Gasteiger partial charge on any atom is -0.487 e. The number of rotatable bonds is 0. The Morgan fingerprint density at radius 2 is 2.19 bits per heavy atom. The van der Waals surface area contributed by atoms with Crippen molar-refractivity contribution in [2.75, 3.05) is 0 Å². The summed E-state index contributed by atoms with van der Waals surface area (Å²) in [4.78, 5) is 0. The summed E-state index contributed by atoms with van der Waals surface area (Å²) in [5.74, 6) is 0.899. The van der Waals surface area contributed by atoms with E-state index in [0.29, 0.717) is 6.42 Å². The lowest BCUT2D eigenvalue weighted by molar-refractivity contribution is -0.220. The van der Waals surface area contributed by atoms with Gasteiger partial charge in [-0.1, -0.05) is 11.6 Å². The van der Waals surface area contributed by atoms with Gasteiger partial charge in [-0.05, 0) is 26.0 Å². The fraction of sp³-hybridized carbons (Fsp3) is 0.538. The Morgan fingerprint density at radius 3 is 3.00 bits per heavy atom. The molecule has 0 aliphatic carbocycles. The molecule has 86 valence electrons. The second kappa shape index (κ2) is 3.22. The Balaban J connectivity index is 2.07. The molecule has 2 aliphatic heterocycles. The molecule has 0 radical (unpaired) electrons. The van der Waals surface area contributed by atoms with Crippen molar-refractivity contribution in [2.24, 2.45) is 0 Å². The molecule has 1 aromatic rings. The van der Waals surface area contributed by atoms with Gasteiger partial charge < -0.3 is 14.6 Å². The molecule has 2 aliphatic rings. The molecular weight excluding hydrogens is 204 g/mol. The van der Waals surface area contributed by atoms with Gasteiger partial charge in [-0.3, -0.25) is 0 Å². The van der Waals surface area contributed by atoms with Crippen LogP contribution in [0, 0.1) is 6.92 Å².